The number of nitrogens with zero attached hydrogens (tertiary/aromatic N) is 6. The van der Waals surface area contributed by atoms with Crippen LogP contribution in [0.2, 0.25) is 0 Å². The summed E-state index contributed by atoms with van der Waals surface area (Å²) in [6.07, 6.45) is 6.49. The molecule has 0 spiro atoms. The second-order valence-corrected chi connectivity index (χ2v) is 8.40. The SMILES string of the molecule is CCNC(=NCCCc1nnc2n1CCCCC2)N1CCN(c2cc(F)ccc2F)CC1.I. The van der Waals surface area contributed by atoms with Crippen LogP contribution in [-0.4, -0.2) is 64.9 Å². The van der Waals surface area contributed by atoms with Gasteiger partial charge in [0.25, 0.3) is 0 Å². The fraction of sp³-hybridized carbons (Fsp3) is 0.609. The number of halogens is 3. The number of hydrogen-bond acceptors (Lipinski definition) is 4. The third-order valence-corrected chi connectivity index (χ3v) is 6.17. The maximum Gasteiger partial charge on any atom is 0.194 e. The largest absolute Gasteiger partial charge is 0.366 e. The molecule has 1 fully saturated rings. The average Bonchev–Trinajstić information content (AvgIpc) is 3.03. The molecule has 1 aromatic heterocycles. The summed E-state index contributed by atoms with van der Waals surface area (Å²) in [5.41, 5.74) is 0.332. The van der Waals surface area contributed by atoms with Crippen molar-refractivity contribution in [2.24, 2.45) is 4.99 Å². The molecular weight excluding hydrogens is 539 g/mol. The Morgan fingerprint density at radius 3 is 2.67 bits per heavy atom. The summed E-state index contributed by atoms with van der Waals surface area (Å²) >= 11 is 0. The Kier molecular flexibility index (Phi) is 9.69. The summed E-state index contributed by atoms with van der Waals surface area (Å²) in [6.45, 7) is 7.24. The second-order valence-electron chi connectivity index (χ2n) is 8.40. The Balaban J connectivity index is 0.00000306. The number of benzene rings is 1. The molecule has 182 valence electrons. The van der Waals surface area contributed by atoms with Gasteiger partial charge in [0.2, 0.25) is 0 Å². The van der Waals surface area contributed by atoms with Gasteiger partial charge in [0, 0.05) is 64.7 Å². The predicted molar refractivity (Wildman–Crippen MR) is 137 cm³/mol. The van der Waals surface area contributed by atoms with Crippen molar-refractivity contribution in [3.05, 3.63) is 41.5 Å². The minimum absolute atomic E-state index is 0. The molecule has 33 heavy (non-hydrogen) atoms. The Morgan fingerprint density at radius 1 is 1.06 bits per heavy atom. The van der Waals surface area contributed by atoms with E-state index in [4.69, 9.17) is 4.99 Å². The van der Waals surface area contributed by atoms with Gasteiger partial charge in [-0.15, -0.1) is 34.2 Å². The maximum atomic E-state index is 14.1. The lowest BCUT2D eigenvalue weighted by Crippen LogP contribution is -2.52. The van der Waals surface area contributed by atoms with Crippen LogP contribution in [0.3, 0.4) is 0 Å². The van der Waals surface area contributed by atoms with E-state index in [1.165, 1.54) is 31.4 Å². The fourth-order valence-electron chi connectivity index (χ4n) is 4.47. The van der Waals surface area contributed by atoms with E-state index in [0.717, 1.165) is 56.0 Å². The van der Waals surface area contributed by atoms with Gasteiger partial charge in [-0.3, -0.25) is 4.99 Å². The smallest absolute Gasteiger partial charge is 0.194 e. The number of guanidine groups is 1. The number of aromatic nitrogens is 3. The molecule has 3 heterocycles. The van der Waals surface area contributed by atoms with Crippen molar-refractivity contribution in [1.29, 1.82) is 0 Å². The molecule has 0 bridgehead atoms. The van der Waals surface area contributed by atoms with Crippen molar-refractivity contribution in [2.45, 2.75) is 52.0 Å². The summed E-state index contributed by atoms with van der Waals surface area (Å²) in [7, 11) is 0. The van der Waals surface area contributed by atoms with Crippen LogP contribution >= 0.6 is 24.0 Å². The summed E-state index contributed by atoms with van der Waals surface area (Å²) in [5, 5.41) is 12.2. The second kappa shape index (κ2) is 12.5. The van der Waals surface area contributed by atoms with Gasteiger partial charge in [0.1, 0.15) is 23.3 Å². The first-order chi connectivity index (χ1) is 15.7. The molecule has 0 aliphatic carbocycles. The van der Waals surface area contributed by atoms with Crippen LogP contribution in [0.15, 0.2) is 23.2 Å². The fourth-order valence-corrected chi connectivity index (χ4v) is 4.47. The summed E-state index contributed by atoms with van der Waals surface area (Å²) in [6, 6.07) is 3.62. The van der Waals surface area contributed by atoms with Gasteiger partial charge in [0.15, 0.2) is 5.96 Å². The van der Waals surface area contributed by atoms with Gasteiger partial charge < -0.3 is 19.7 Å². The molecule has 0 amide bonds. The van der Waals surface area contributed by atoms with E-state index in [2.05, 4.69) is 31.9 Å². The first-order valence-electron chi connectivity index (χ1n) is 11.8. The molecule has 1 N–H and O–H groups in total. The van der Waals surface area contributed by atoms with Crippen molar-refractivity contribution in [3.8, 4) is 0 Å². The van der Waals surface area contributed by atoms with Gasteiger partial charge in [-0.1, -0.05) is 6.42 Å². The first-order valence-corrected chi connectivity index (χ1v) is 11.8. The van der Waals surface area contributed by atoms with Crippen LogP contribution in [0.25, 0.3) is 0 Å². The van der Waals surface area contributed by atoms with E-state index in [1.54, 1.807) is 0 Å². The molecule has 0 atom stereocenters. The van der Waals surface area contributed by atoms with Crippen LogP contribution < -0.4 is 10.2 Å². The monoisotopic (exact) mass is 573 g/mol. The number of hydrogen-bond donors (Lipinski definition) is 1. The highest BCUT2D eigenvalue weighted by Crippen LogP contribution is 2.22. The van der Waals surface area contributed by atoms with Crippen molar-refractivity contribution in [2.75, 3.05) is 44.2 Å². The van der Waals surface area contributed by atoms with Crippen molar-refractivity contribution < 1.29 is 8.78 Å². The van der Waals surface area contributed by atoms with Crippen LogP contribution in [0, 0.1) is 11.6 Å². The van der Waals surface area contributed by atoms with E-state index in [0.29, 0.717) is 38.4 Å². The molecule has 2 aliphatic heterocycles. The van der Waals surface area contributed by atoms with E-state index in [9.17, 15) is 8.78 Å². The first kappa shape index (κ1) is 25.6. The van der Waals surface area contributed by atoms with Crippen molar-refractivity contribution in [3.63, 3.8) is 0 Å². The molecule has 0 saturated carbocycles. The van der Waals surface area contributed by atoms with Gasteiger partial charge in [0.05, 0.1) is 5.69 Å². The molecule has 2 aliphatic rings. The highest BCUT2D eigenvalue weighted by Gasteiger charge is 2.22. The Morgan fingerprint density at radius 2 is 1.88 bits per heavy atom. The molecule has 1 aromatic carbocycles. The Hall–Kier alpha value is -1.98. The van der Waals surface area contributed by atoms with Crippen LogP contribution in [0.1, 0.15) is 44.3 Å². The highest BCUT2D eigenvalue weighted by molar-refractivity contribution is 14.0. The van der Waals surface area contributed by atoms with Crippen LogP contribution in [-0.2, 0) is 19.4 Å². The lowest BCUT2D eigenvalue weighted by molar-refractivity contribution is 0.370. The summed E-state index contributed by atoms with van der Waals surface area (Å²) in [4.78, 5) is 8.91. The number of fused-ring (bicyclic) bond motifs is 1. The lowest BCUT2D eigenvalue weighted by atomic mass is 10.2. The third-order valence-electron chi connectivity index (χ3n) is 6.17. The minimum Gasteiger partial charge on any atom is -0.366 e. The average molecular weight is 573 g/mol. The molecule has 0 radical (unpaired) electrons. The van der Waals surface area contributed by atoms with Gasteiger partial charge >= 0.3 is 0 Å². The zero-order valence-electron chi connectivity index (χ0n) is 19.3. The quantitative estimate of drug-likeness (QED) is 0.248. The molecule has 1 saturated heterocycles. The number of rotatable bonds is 6. The minimum atomic E-state index is -0.414. The zero-order valence-corrected chi connectivity index (χ0v) is 21.6. The van der Waals surface area contributed by atoms with Gasteiger partial charge in [-0.2, -0.15) is 0 Å². The number of aliphatic imine (C=N–C) groups is 1. The molecule has 4 rings (SSSR count). The van der Waals surface area contributed by atoms with Crippen molar-refractivity contribution in [1.82, 2.24) is 25.0 Å². The number of piperazine rings is 1. The van der Waals surface area contributed by atoms with E-state index >= 15 is 0 Å². The normalized spacial score (nSPS) is 16.8. The van der Waals surface area contributed by atoms with E-state index < -0.39 is 5.82 Å². The Bertz CT molecular complexity index is 926. The third kappa shape index (κ3) is 6.54. The predicted octanol–water partition coefficient (Wildman–Crippen LogP) is 3.62. The summed E-state index contributed by atoms with van der Waals surface area (Å²) < 4.78 is 30.0. The maximum absolute atomic E-state index is 14.1. The Labute approximate surface area is 211 Å². The van der Waals surface area contributed by atoms with Crippen LogP contribution in [0.4, 0.5) is 14.5 Å². The zero-order chi connectivity index (χ0) is 22.3. The lowest BCUT2D eigenvalue weighted by Gasteiger charge is -2.37. The van der Waals surface area contributed by atoms with Crippen LogP contribution in [0.5, 0.6) is 0 Å². The topological polar surface area (TPSA) is 61.6 Å². The van der Waals surface area contributed by atoms with E-state index in [-0.39, 0.29) is 29.8 Å². The molecule has 0 unspecified atom stereocenters. The number of aryl methyl sites for hydroxylation is 2. The number of anilines is 1. The van der Waals surface area contributed by atoms with Gasteiger partial charge in [-0.25, -0.2) is 8.78 Å². The molecule has 10 heteroatoms. The molecular formula is C23H34F2IN7. The van der Waals surface area contributed by atoms with Crippen molar-refractivity contribution >= 4 is 35.6 Å². The summed E-state index contributed by atoms with van der Waals surface area (Å²) in [5.74, 6) is 2.29. The van der Waals surface area contributed by atoms with E-state index in [1.807, 2.05) is 4.90 Å². The highest BCUT2D eigenvalue weighted by atomic mass is 127. The molecule has 2 aromatic rings. The van der Waals surface area contributed by atoms with Gasteiger partial charge in [-0.05, 0) is 38.3 Å². The molecule has 7 nitrogen and oxygen atoms in total. The standard InChI is InChI=1S/C23H33F2N7.HI/c1-2-26-23(27-11-6-8-22-29-28-21-7-4-3-5-12-32(21)22)31-15-13-30(14-16-31)20-17-18(24)9-10-19(20)25;/h9-10,17H,2-8,11-16H2,1H3,(H,26,27);1H. The number of nitrogens with one attached hydrogen (secondary N) is 1.